The third-order valence-electron chi connectivity index (χ3n) is 2.98. The molecule has 0 bridgehead atoms. The summed E-state index contributed by atoms with van der Waals surface area (Å²) in [5.74, 6) is 3.79. The highest BCUT2D eigenvalue weighted by Crippen LogP contribution is 2.23. The Morgan fingerprint density at radius 2 is 2.15 bits per heavy atom. The minimum Gasteiger partial charge on any atom is -0.314 e. The molecule has 1 atom stereocenters. The first-order chi connectivity index (χ1) is 6.45. The SMILES string of the molecule is C1CSCC(CN2CCNCC2)C1. The normalized spacial score (nSPS) is 31.8. The summed E-state index contributed by atoms with van der Waals surface area (Å²) in [6, 6.07) is 0. The number of nitrogens with zero attached hydrogens (tertiary/aromatic N) is 1. The van der Waals surface area contributed by atoms with E-state index in [9.17, 15) is 0 Å². The summed E-state index contributed by atoms with van der Waals surface area (Å²) >= 11 is 2.15. The van der Waals surface area contributed by atoms with Crippen LogP contribution in [0.2, 0.25) is 0 Å². The molecule has 2 fully saturated rings. The smallest absolute Gasteiger partial charge is 0.0107 e. The van der Waals surface area contributed by atoms with Gasteiger partial charge in [0.25, 0.3) is 0 Å². The lowest BCUT2D eigenvalue weighted by Crippen LogP contribution is -2.45. The number of thioether (sulfide) groups is 1. The molecule has 2 heterocycles. The van der Waals surface area contributed by atoms with Gasteiger partial charge in [-0.1, -0.05) is 0 Å². The first kappa shape index (κ1) is 9.81. The Bertz CT molecular complexity index is 124. The van der Waals surface area contributed by atoms with Gasteiger partial charge in [-0.2, -0.15) is 11.8 Å². The van der Waals surface area contributed by atoms with Crippen LogP contribution in [0.3, 0.4) is 0 Å². The Morgan fingerprint density at radius 1 is 1.31 bits per heavy atom. The Balaban J connectivity index is 1.69. The maximum atomic E-state index is 3.41. The fraction of sp³-hybridized carbons (Fsp3) is 1.00. The Morgan fingerprint density at radius 3 is 2.85 bits per heavy atom. The average molecular weight is 200 g/mol. The molecule has 2 aliphatic heterocycles. The van der Waals surface area contributed by atoms with Crippen LogP contribution in [-0.2, 0) is 0 Å². The van der Waals surface area contributed by atoms with Crippen molar-refractivity contribution in [2.75, 3.05) is 44.2 Å². The minimum atomic E-state index is 0.983. The molecule has 0 aromatic rings. The third kappa shape index (κ3) is 3.15. The second-order valence-corrected chi connectivity index (χ2v) is 5.28. The van der Waals surface area contributed by atoms with Gasteiger partial charge in [-0.15, -0.1) is 0 Å². The van der Waals surface area contributed by atoms with Gasteiger partial charge in [0.1, 0.15) is 0 Å². The first-order valence-corrected chi connectivity index (χ1v) is 6.61. The molecule has 76 valence electrons. The summed E-state index contributed by atoms with van der Waals surface area (Å²) in [5.41, 5.74) is 0. The standard InChI is InChI=1S/C10H20N2S/c1-2-10(9-13-7-1)8-12-5-3-11-4-6-12/h10-11H,1-9H2. The number of nitrogens with one attached hydrogen (secondary N) is 1. The van der Waals surface area contributed by atoms with Gasteiger partial charge in [-0.3, -0.25) is 0 Å². The number of rotatable bonds is 2. The molecule has 3 heteroatoms. The average Bonchev–Trinajstić information content (AvgIpc) is 2.21. The Kier molecular flexibility index (Phi) is 3.94. The first-order valence-electron chi connectivity index (χ1n) is 5.46. The van der Waals surface area contributed by atoms with Gasteiger partial charge in [0.15, 0.2) is 0 Å². The molecule has 2 aliphatic rings. The molecule has 2 nitrogen and oxygen atoms in total. The number of piperazine rings is 1. The molecule has 13 heavy (non-hydrogen) atoms. The zero-order valence-electron chi connectivity index (χ0n) is 8.30. The van der Waals surface area contributed by atoms with Crippen LogP contribution in [0.25, 0.3) is 0 Å². The third-order valence-corrected chi connectivity index (χ3v) is 4.27. The van der Waals surface area contributed by atoms with Gasteiger partial charge in [-0.25, -0.2) is 0 Å². The molecule has 0 radical (unpaired) electrons. The van der Waals surface area contributed by atoms with Gasteiger partial charge in [-0.05, 0) is 30.3 Å². The molecule has 0 aliphatic carbocycles. The predicted octanol–water partition coefficient (Wildman–Crippen LogP) is 1.03. The highest BCUT2D eigenvalue weighted by Gasteiger charge is 2.18. The molecule has 0 amide bonds. The van der Waals surface area contributed by atoms with Crippen molar-refractivity contribution in [3.05, 3.63) is 0 Å². The van der Waals surface area contributed by atoms with Crippen LogP contribution in [0.1, 0.15) is 12.8 Å². The Hall–Kier alpha value is 0.270. The maximum absolute atomic E-state index is 3.41. The quantitative estimate of drug-likeness (QED) is 0.717. The Labute approximate surface area is 85.4 Å². The predicted molar refractivity (Wildman–Crippen MR) is 59.4 cm³/mol. The fourth-order valence-corrected chi connectivity index (χ4v) is 3.35. The van der Waals surface area contributed by atoms with Crippen LogP contribution in [-0.4, -0.2) is 49.1 Å². The lowest BCUT2D eigenvalue weighted by atomic mass is 10.0. The lowest BCUT2D eigenvalue weighted by Gasteiger charge is -2.32. The zero-order valence-corrected chi connectivity index (χ0v) is 9.11. The van der Waals surface area contributed by atoms with Crippen molar-refractivity contribution in [1.82, 2.24) is 10.2 Å². The zero-order chi connectivity index (χ0) is 8.93. The summed E-state index contributed by atoms with van der Waals surface area (Å²) in [5, 5.41) is 3.41. The lowest BCUT2D eigenvalue weighted by molar-refractivity contribution is 0.207. The van der Waals surface area contributed by atoms with E-state index in [0.29, 0.717) is 0 Å². The molecular weight excluding hydrogens is 180 g/mol. The van der Waals surface area contributed by atoms with Crippen molar-refractivity contribution in [1.29, 1.82) is 0 Å². The topological polar surface area (TPSA) is 15.3 Å². The van der Waals surface area contributed by atoms with E-state index in [1.807, 2.05) is 0 Å². The van der Waals surface area contributed by atoms with Gasteiger partial charge in [0.2, 0.25) is 0 Å². The van der Waals surface area contributed by atoms with Crippen molar-refractivity contribution >= 4 is 11.8 Å². The molecule has 1 N–H and O–H groups in total. The molecule has 0 spiro atoms. The highest BCUT2D eigenvalue weighted by atomic mass is 32.2. The van der Waals surface area contributed by atoms with E-state index in [2.05, 4.69) is 22.0 Å². The van der Waals surface area contributed by atoms with Crippen LogP contribution in [0.5, 0.6) is 0 Å². The number of hydrogen-bond donors (Lipinski definition) is 1. The van der Waals surface area contributed by atoms with E-state index in [1.54, 1.807) is 0 Å². The molecule has 0 saturated carbocycles. The molecular formula is C10H20N2S. The van der Waals surface area contributed by atoms with Gasteiger partial charge < -0.3 is 10.2 Å². The molecule has 0 aromatic heterocycles. The minimum absolute atomic E-state index is 0.983. The van der Waals surface area contributed by atoms with E-state index in [-0.39, 0.29) is 0 Å². The molecule has 2 saturated heterocycles. The molecule has 0 aromatic carbocycles. The summed E-state index contributed by atoms with van der Waals surface area (Å²) in [4.78, 5) is 2.63. The summed E-state index contributed by atoms with van der Waals surface area (Å²) in [6.45, 7) is 6.27. The van der Waals surface area contributed by atoms with Gasteiger partial charge in [0, 0.05) is 32.7 Å². The summed E-state index contributed by atoms with van der Waals surface area (Å²) < 4.78 is 0. The van der Waals surface area contributed by atoms with Crippen molar-refractivity contribution in [3.63, 3.8) is 0 Å². The van der Waals surface area contributed by atoms with Crippen LogP contribution >= 0.6 is 11.8 Å². The highest BCUT2D eigenvalue weighted by molar-refractivity contribution is 7.99. The van der Waals surface area contributed by atoms with Gasteiger partial charge in [0.05, 0.1) is 0 Å². The monoisotopic (exact) mass is 200 g/mol. The van der Waals surface area contributed by atoms with Crippen LogP contribution in [0.15, 0.2) is 0 Å². The van der Waals surface area contributed by atoms with E-state index in [1.165, 1.54) is 57.1 Å². The summed E-state index contributed by atoms with van der Waals surface area (Å²) in [7, 11) is 0. The second kappa shape index (κ2) is 5.23. The van der Waals surface area contributed by atoms with Crippen molar-refractivity contribution < 1.29 is 0 Å². The van der Waals surface area contributed by atoms with Crippen LogP contribution < -0.4 is 5.32 Å². The summed E-state index contributed by atoms with van der Waals surface area (Å²) in [6.07, 6.45) is 2.92. The van der Waals surface area contributed by atoms with Crippen molar-refractivity contribution in [3.8, 4) is 0 Å². The van der Waals surface area contributed by atoms with E-state index >= 15 is 0 Å². The molecule has 2 rings (SSSR count). The second-order valence-electron chi connectivity index (χ2n) is 4.13. The number of hydrogen-bond acceptors (Lipinski definition) is 3. The van der Waals surface area contributed by atoms with Crippen LogP contribution in [0.4, 0.5) is 0 Å². The van der Waals surface area contributed by atoms with E-state index < -0.39 is 0 Å². The van der Waals surface area contributed by atoms with Crippen molar-refractivity contribution in [2.45, 2.75) is 12.8 Å². The largest absolute Gasteiger partial charge is 0.314 e. The van der Waals surface area contributed by atoms with E-state index in [4.69, 9.17) is 0 Å². The van der Waals surface area contributed by atoms with Gasteiger partial charge >= 0.3 is 0 Å². The fourth-order valence-electron chi connectivity index (χ4n) is 2.21. The maximum Gasteiger partial charge on any atom is 0.0107 e. The molecule has 1 unspecified atom stereocenters. The van der Waals surface area contributed by atoms with Crippen LogP contribution in [0, 0.1) is 5.92 Å². The van der Waals surface area contributed by atoms with Crippen molar-refractivity contribution in [2.24, 2.45) is 5.92 Å². The van der Waals surface area contributed by atoms with E-state index in [0.717, 1.165) is 5.92 Å².